The Balaban J connectivity index is 1.83. The Kier molecular flexibility index (Phi) is 4.16. The number of carbonyl (C=O) groups is 1. The maximum atomic E-state index is 12.5. The van der Waals surface area contributed by atoms with Gasteiger partial charge in [0.05, 0.1) is 30.2 Å². The monoisotopic (exact) mass is 312 g/mol. The van der Waals surface area contributed by atoms with Crippen molar-refractivity contribution in [3.05, 3.63) is 47.4 Å². The van der Waals surface area contributed by atoms with Gasteiger partial charge < -0.3 is 15.0 Å². The first-order chi connectivity index (χ1) is 11.1. The van der Waals surface area contributed by atoms with Gasteiger partial charge in [-0.15, -0.1) is 0 Å². The topological polar surface area (TPSA) is 71.9 Å². The molecule has 120 valence electrons. The fourth-order valence-corrected chi connectivity index (χ4v) is 2.65. The van der Waals surface area contributed by atoms with Crippen LogP contribution in [0.2, 0.25) is 0 Å². The maximum Gasteiger partial charge on any atom is 0.255 e. The number of aryl methyl sites for hydroxylation is 1. The van der Waals surface area contributed by atoms with Crippen LogP contribution in [0.25, 0.3) is 10.9 Å². The van der Waals surface area contributed by atoms with Gasteiger partial charge in [-0.25, -0.2) is 0 Å². The Morgan fingerprint density at radius 1 is 1.35 bits per heavy atom. The minimum absolute atomic E-state index is 0.140. The Bertz CT molecular complexity index is 848. The van der Waals surface area contributed by atoms with Gasteiger partial charge in [0.15, 0.2) is 0 Å². The molecule has 6 nitrogen and oxygen atoms in total. The van der Waals surface area contributed by atoms with Crippen LogP contribution in [0.3, 0.4) is 0 Å². The quantitative estimate of drug-likeness (QED) is 0.761. The fourth-order valence-electron chi connectivity index (χ4n) is 2.65. The molecule has 0 unspecified atom stereocenters. The molecule has 0 saturated heterocycles. The number of benzene rings is 1. The second kappa shape index (κ2) is 6.26. The lowest BCUT2D eigenvalue weighted by atomic mass is 10.1. The van der Waals surface area contributed by atoms with Crippen molar-refractivity contribution in [2.75, 3.05) is 19.0 Å². The van der Waals surface area contributed by atoms with E-state index in [1.165, 1.54) is 0 Å². The smallest absolute Gasteiger partial charge is 0.255 e. The van der Waals surface area contributed by atoms with Gasteiger partial charge >= 0.3 is 0 Å². The van der Waals surface area contributed by atoms with E-state index in [1.807, 2.05) is 49.0 Å². The number of aromatic amines is 1. The molecule has 0 fully saturated rings. The van der Waals surface area contributed by atoms with Gasteiger partial charge in [0.1, 0.15) is 0 Å². The van der Waals surface area contributed by atoms with Gasteiger partial charge in [0.25, 0.3) is 5.91 Å². The number of rotatable bonds is 5. The summed E-state index contributed by atoms with van der Waals surface area (Å²) >= 11 is 0. The summed E-state index contributed by atoms with van der Waals surface area (Å²) in [5.74, 6) is -0.140. The molecule has 0 atom stereocenters. The number of carbonyl (C=O) groups excluding carboxylic acids is 1. The first-order valence-electron chi connectivity index (χ1n) is 7.51. The number of hydrogen-bond donors (Lipinski definition) is 2. The normalized spacial score (nSPS) is 11.1. The predicted octanol–water partition coefficient (Wildman–Crippen LogP) is 2.88. The number of fused-ring (bicyclic) bond motifs is 1. The molecule has 1 aromatic carbocycles. The van der Waals surface area contributed by atoms with Crippen LogP contribution in [-0.2, 0) is 11.3 Å². The number of ether oxygens (including phenoxy) is 1. The summed E-state index contributed by atoms with van der Waals surface area (Å²) in [6, 6.07) is 7.59. The molecule has 2 heterocycles. The van der Waals surface area contributed by atoms with Crippen LogP contribution in [0.1, 0.15) is 21.7 Å². The van der Waals surface area contributed by atoms with E-state index < -0.39 is 0 Å². The van der Waals surface area contributed by atoms with Crippen molar-refractivity contribution < 1.29 is 9.53 Å². The summed E-state index contributed by atoms with van der Waals surface area (Å²) in [4.78, 5) is 15.6. The number of nitrogens with zero attached hydrogens (tertiary/aromatic N) is 2. The first kappa shape index (κ1) is 15.3. The summed E-state index contributed by atoms with van der Waals surface area (Å²) in [6.07, 6.45) is 1.86. The van der Waals surface area contributed by atoms with Crippen LogP contribution in [0.5, 0.6) is 0 Å². The Labute approximate surface area is 134 Å². The number of methoxy groups -OCH3 is 1. The molecule has 2 N–H and O–H groups in total. The summed E-state index contributed by atoms with van der Waals surface area (Å²) < 4.78 is 6.93. The molecular formula is C17H20N4O2. The highest BCUT2D eigenvalue weighted by molar-refractivity contribution is 6.06. The SMILES string of the molecule is COCCn1nc(C)c(NC(=O)c2ccc3cc[nH]c3c2)c1C. The van der Waals surface area contributed by atoms with Crippen molar-refractivity contribution in [3.63, 3.8) is 0 Å². The Morgan fingerprint density at radius 3 is 2.96 bits per heavy atom. The zero-order valence-corrected chi connectivity index (χ0v) is 13.5. The molecule has 2 aromatic heterocycles. The molecule has 0 radical (unpaired) electrons. The number of H-pyrrole nitrogens is 1. The summed E-state index contributed by atoms with van der Waals surface area (Å²) in [5, 5.41) is 8.51. The molecule has 0 aliphatic rings. The zero-order chi connectivity index (χ0) is 16.4. The van der Waals surface area contributed by atoms with Crippen molar-refractivity contribution in [1.29, 1.82) is 0 Å². The highest BCUT2D eigenvalue weighted by atomic mass is 16.5. The second-order valence-corrected chi connectivity index (χ2v) is 5.50. The number of anilines is 1. The van der Waals surface area contributed by atoms with Crippen LogP contribution in [0.4, 0.5) is 5.69 Å². The number of nitrogens with one attached hydrogen (secondary N) is 2. The largest absolute Gasteiger partial charge is 0.383 e. The van der Waals surface area contributed by atoms with Gasteiger partial charge in [-0.05, 0) is 37.4 Å². The van der Waals surface area contributed by atoms with Crippen LogP contribution in [0, 0.1) is 13.8 Å². The van der Waals surface area contributed by atoms with Gasteiger partial charge in [0.2, 0.25) is 0 Å². The molecule has 0 bridgehead atoms. The highest BCUT2D eigenvalue weighted by Crippen LogP contribution is 2.21. The summed E-state index contributed by atoms with van der Waals surface area (Å²) in [7, 11) is 1.66. The zero-order valence-electron chi connectivity index (χ0n) is 13.5. The molecule has 23 heavy (non-hydrogen) atoms. The molecule has 6 heteroatoms. The summed E-state index contributed by atoms with van der Waals surface area (Å²) in [6.45, 7) is 5.08. The van der Waals surface area contributed by atoms with Crippen molar-refractivity contribution in [2.45, 2.75) is 20.4 Å². The lowest BCUT2D eigenvalue weighted by Crippen LogP contribution is -2.13. The van der Waals surface area contributed by atoms with Crippen molar-refractivity contribution in [1.82, 2.24) is 14.8 Å². The number of aromatic nitrogens is 3. The highest BCUT2D eigenvalue weighted by Gasteiger charge is 2.15. The molecule has 1 amide bonds. The van der Waals surface area contributed by atoms with E-state index in [0.717, 1.165) is 28.0 Å². The third-order valence-corrected chi connectivity index (χ3v) is 3.94. The average Bonchev–Trinajstić information content (AvgIpc) is 3.11. The van der Waals surface area contributed by atoms with E-state index >= 15 is 0 Å². The average molecular weight is 312 g/mol. The standard InChI is InChI=1S/C17H20N4O2/c1-11-16(12(2)21(20-11)8-9-23-3)19-17(22)14-5-4-13-6-7-18-15(13)10-14/h4-7,10,18H,8-9H2,1-3H3,(H,19,22). The minimum Gasteiger partial charge on any atom is -0.383 e. The van der Waals surface area contributed by atoms with E-state index in [-0.39, 0.29) is 5.91 Å². The number of amides is 1. The van der Waals surface area contributed by atoms with Crippen LogP contribution in [0.15, 0.2) is 30.5 Å². The van der Waals surface area contributed by atoms with Gasteiger partial charge in [-0.3, -0.25) is 9.48 Å². The molecule has 0 saturated carbocycles. The predicted molar refractivity (Wildman–Crippen MR) is 89.8 cm³/mol. The van der Waals surface area contributed by atoms with Gasteiger partial charge in [-0.2, -0.15) is 5.10 Å². The second-order valence-electron chi connectivity index (χ2n) is 5.50. The molecule has 0 aliphatic carbocycles. The maximum absolute atomic E-state index is 12.5. The van der Waals surface area contributed by atoms with Crippen molar-refractivity contribution in [3.8, 4) is 0 Å². The van der Waals surface area contributed by atoms with Crippen molar-refractivity contribution in [2.24, 2.45) is 0 Å². The first-order valence-corrected chi connectivity index (χ1v) is 7.51. The van der Waals surface area contributed by atoms with Gasteiger partial charge in [-0.1, -0.05) is 6.07 Å². The fraction of sp³-hybridized carbons (Fsp3) is 0.294. The van der Waals surface area contributed by atoms with Gasteiger partial charge in [0, 0.05) is 24.4 Å². The molecular weight excluding hydrogens is 292 g/mol. The van der Waals surface area contributed by atoms with E-state index in [4.69, 9.17) is 4.74 Å². The lowest BCUT2D eigenvalue weighted by Gasteiger charge is -2.07. The van der Waals surface area contributed by atoms with E-state index in [1.54, 1.807) is 7.11 Å². The van der Waals surface area contributed by atoms with E-state index in [9.17, 15) is 4.79 Å². The van der Waals surface area contributed by atoms with Crippen LogP contribution >= 0.6 is 0 Å². The summed E-state index contributed by atoms with van der Waals surface area (Å²) in [5.41, 5.74) is 4.05. The van der Waals surface area contributed by atoms with Crippen LogP contribution in [-0.4, -0.2) is 34.4 Å². The lowest BCUT2D eigenvalue weighted by molar-refractivity contribution is 0.102. The van der Waals surface area contributed by atoms with E-state index in [0.29, 0.717) is 18.7 Å². The third kappa shape index (κ3) is 2.98. The Hall–Kier alpha value is -2.60. The molecule has 3 aromatic rings. The Morgan fingerprint density at radius 2 is 2.17 bits per heavy atom. The van der Waals surface area contributed by atoms with Crippen molar-refractivity contribution >= 4 is 22.5 Å². The molecule has 3 rings (SSSR count). The molecule has 0 spiro atoms. The number of hydrogen-bond acceptors (Lipinski definition) is 3. The molecule has 0 aliphatic heterocycles. The van der Waals surface area contributed by atoms with E-state index in [2.05, 4.69) is 15.4 Å². The third-order valence-electron chi connectivity index (χ3n) is 3.94. The van der Waals surface area contributed by atoms with Crippen LogP contribution < -0.4 is 5.32 Å². The minimum atomic E-state index is -0.140.